The van der Waals surface area contributed by atoms with Crippen molar-refractivity contribution in [3.8, 4) is 0 Å². The summed E-state index contributed by atoms with van der Waals surface area (Å²) in [5, 5.41) is 0. The Hall–Kier alpha value is -1.05. The van der Waals surface area contributed by atoms with Crippen LogP contribution < -0.4 is 0 Å². The van der Waals surface area contributed by atoms with Gasteiger partial charge < -0.3 is 4.74 Å². The monoisotopic (exact) mass is 322 g/mol. The third-order valence-corrected chi connectivity index (χ3v) is 4.05. The summed E-state index contributed by atoms with van der Waals surface area (Å²) >= 11 is 0. The number of carbonyl (C=O) groups excluding carboxylic acids is 1. The number of carbonyl (C=O) groups is 1. The Morgan fingerprint density at radius 3 is 1.78 bits per heavy atom. The van der Waals surface area contributed by atoms with E-state index in [2.05, 4.69) is 25.7 Å². The first kappa shape index (κ1) is 21.9. The largest absolute Gasteiger partial charge is 0.463 e. The Kier molecular flexibility index (Phi) is 18.1. The zero-order valence-electron chi connectivity index (χ0n) is 15.4. The van der Waals surface area contributed by atoms with E-state index in [4.69, 9.17) is 4.74 Å². The number of hydrogen-bond donors (Lipinski definition) is 0. The van der Waals surface area contributed by atoms with E-state index in [-0.39, 0.29) is 5.97 Å². The molecule has 0 radical (unpaired) electrons. The summed E-state index contributed by atoms with van der Waals surface area (Å²) in [7, 11) is 0. The number of hydrogen-bond acceptors (Lipinski definition) is 2. The van der Waals surface area contributed by atoms with Crippen LogP contribution in [0.2, 0.25) is 0 Å². The van der Waals surface area contributed by atoms with Gasteiger partial charge in [-0.2, -0.15) is 0 Å². The van der Waals surface area contributed by atoms with Crippen molar-refractivity contribution < 1.29 is 9.53 Å². The summed E-state index contributed by atoms with van der Waals surface area (Å²) in [4.78, 5) is 10.8. The van der Waals surface area contributed by atoms with Gasteiger partial charge in [0.05, 0.1) is 6.61 Å². The van der Waals surface area contributed by atoms with Gasteiger partial charge in [-0.1, -0.05) is 89.9 Å². The Morgan fingerprint density at radius 1 is 0.783 bits per heavy atom. The van der Waals surface area contributed by atoms with Crippen molar-refractivity contribution in [3.63, 3.8) is 0 Å². The van der Waals surface area contributed by atoms with Crippen LogP contribution in [0.5, 0.6) is 0 Å². The van der Waals surface area contributed by atoms with Crippen LogP contribution in [0.25, 0.3) is 0 Å². The number of allylic oxidation sites excluding steroid dienone is 2. The summed E-state index contributed by atoms with van der Waals surface area (Å²) < 4.78 is 4.95. The lowest BCUT2D eigenvalue weighted by molar-refractivity contribution is -0.137. The lowest BCUT2D eigenvalue weighted by Gasteiger charge is -2.03. The second kappa shape index (κ2) is 19.0. The van der Waals surface area contributed by atoms with E-state index in [0.29, 0.717) is 6.61 Å². The van der Waals surface area contributed by atoms with Gasteiger partial charge in [0.25, 0.3) is 0 Å². The smallest absolute Gasteiger partial charge is 0.330 e. The fourth-order valence-electron chi connectivity index (χ4n) is 2.59. The molecule has 0 aliphatic rings. The van der Waals surface area contributed by atoms with Crippen LogP contribution in [-0.4, -0.2) is 12.6 Å². The van der Waals surface area contributed by atoms with E-state index >= 15 is 0 Å². The molecule has 0 atom stereocenters. The van der Waals surface area contributed by atoms with E-state index in [0.717, 1.165) is 12.8 Å². The first-order valence-corrected chi connectivity index (χ1v) is 9.75. The lowest BCUT2D eigenvalue weighted by Crippen LogP contribution is -2.01. The summed E-state index contributed by atoms with van der Waals surface area (Å²) in [6, 6.07) is 0. The molecule has 0 aromatic rings. The fourth-order valence-corrected chi connectivity index (χ4v) is 2.59. The van der Waals surface area contributed by atoms with Crippen molar-refractivity contribution in [3.05, 3.63) is 24.8 Å². The van der Waals surface area contributed by atoms with Gasteiger partial charge >= 0.3 is 5.97 Å². The number of ether oxygens (including phenoxy) is 1. The zero-order valence-corrected chi connectivity index (χ0v) is 15.4. The minimum absolute atomic E-state index is 0.304. The Labute approximate surface area is 144 Å². The lowest BCUT2D eigenvalue weighted by atomic mass is 10.1. The van der Waals surface area contributed by atoms with Gasteiger partial charge in [-0.25, -0.2) is 4.79 Å². The Bertz CT molecular complexity index is 294. The van der Waals surface area contributed by atoms with E-state index in [1.165, 1.54) is 83.1 Å². The zero-order chi connectivity index (χ0) is 17.0. The molecule has 0 heterocycles. The molecular weight excluding hydrogens is 284 g/mol. The molecule has 0 N–H and O–H groups in total. The topological polar surface area (TPSA) is 26.3 Å². The van der Waals surface area contributed by atoms with Gasteiger partial charge in [0, 0.05) is 6.08 Å². The standard InChI is InChI=1S/C21H38O2/c1-3-5-6-7-8-9-10-11-12-13-14-15-16-17-18-19-20-23-21(22)4-2/h4,6-7H,2-3,5,8-20H2,1H3/b7-6+. The normalized spacial score (nSPS) is 11.0. The molecule has 0 saturated heterocycles. The van der Waals surface area contributed by atoms with Crippen molar-refractivity contribution in [2.45, 2.75) is 96.8 Å². The molecule has 0 amide bonds. The number of unbranched alkanes of at least 4 members (excludes halogenated alkanes) is 12. The molecule has 0 rings (SSSR count). The molecule has 0 saturated carbocycles. The molecule has 0 aliphatic heterocycles. The second-order valence-electron chi connectivity index (χ2n) is 6.31. The molecule has 0 unspecified atom stereocenters. The number of rotatable bonds is 17. The predicted octanol–water partition coefficient (Wildman–Crippen LogP) is 6.75. The Morgan fingerprint density at radius 2 is 1.26 bits per heavy atom. The van der Waals surface area contributed by atoms with Crippen molar-refractivity contribution >= 4 is 5.97 Å². The fraction of sp³-hybridized carbons (Fsp3) is 0.762. The van der Waals surface area contributed by atoms with E-state index < -0.39 is 0 Å². The molecule has 23 heavy (non-hydrogen) atoms. The predicted molar refractivity (Wildman–Crippen MR) is 101 cm³/mol. The molecule has 0 aromatic heterocycles. The van der Waals surface area contributed by atoms with E-state index in [1.54, 1.807) is 0 Å². The van der Waals surface area contributed by atoms with Crippen LogP contribution in [0.3, 0.4) is 0 Å². The summed E-state index contributed by atoms with van der Waals surface area (Å²) in [5.41, 5.74) is 0. The highest BCUT2D eigenvalue weighted by Crippen LogP contribution is 2.12. The molecule has 0 bridgehead atoms. The van der Waals surface area contributed by atoms with Gasteiger partial charge in [0.15, 0.2) is 0 Å². The van der Waals surface area contributed by atoms with E-state index in [1.807, 2.05) is 0 Å². The minimum atomic E-state index is -0.304. The average Bonchev–Trinajstić information content (AvgIpc) is 2.57. The quantitative estimate of drug-likeness (QED) is 0.128. The maximum absolute atomic E-state index is 10.8. The second-order valence-corrected chi connectivity index (χ2v) is 6.31. The van der Waals surface area contributed by atoms with Crippen LogP contribution in [0, 0.1) is 0 Å². The molecule has 0 spiro atoms. The van der Waals surface area contributed by atoms with E-state index in [9.17, 15) is 4.79 Å². The van der Waals surface area contributed by atoms with Crippen LogP contribution in [0.15, 0.2) is 24.8 Å². The molecular formula is C21H38O2. The van der Waals surface area contributed by atoms with Crippen molar-refractivity contribution in [1.82, 2.24) is 0 Å². The Balaban J connectivity index is 3.05. The first-order valence-electron chi connectivity index (χ1n) is 9.75. The minimum Gasteiger partial charge on any atom is -0.463 e. The SMILES string of the molecule is C=CC(=O)OCCCCCCCCCCCCC/C=C/CCC. The highest BCUT2D eigenvalue weighted by atomic mass is 16.5. The molecule has 0 fully saturated rings. The van der Waals surface area contributed by atoms with Crippen LogP contribution in [0.1, 0.15) is 96.8 Å². The summed E-state index contributed by atoms with van der Waals surface area (Å²) in [5.74, 6) is -0.304. The summed E-state index contributed by atoms with van der Waals surface area (Å²) in [6.45, 7) is 6.15. The molecule has 134 valence electrons. The van der Waals surface area contributed by atoms with Gasteiger partial charge in [-0.15, -0.1) is 0 Å². The van der Waals surface area contributed by atoms with Crippen molar-refractivity contribution in [2.24, 2.45) is 0 Å². The average molecular weight is 323 g/mol. The molecule has 0 aromatic carbocycles. The van der Waals surface area contributed by atoms with Crippen LogP contribution in [-0.2, 0) is 9.53 Å². The number of esters is 1. The maximum atomic E-state index is 10.8. The highest BCUT2D eigenvalue weighted by molar-refractivity contribution is 5.81. The third kappa shape index (κ3) is 18.9. The van der Waals surface area contributed by atoms with Gasteiger partial charge in [-0.3, -0.25) is 0 Å². The van der Waals surface area contributed by atoms with Crippen molar-refractivity contribution in [2.75, 3.05) is 6.61 Å². The maximum Gasteiger partial charge on any atom is 0.330 e. The highest BCUT2D eigenvalue weighted by Gasteiger charge is 1.96. The van der Waals surface area contributed by atoms with Gasteiger partial charge in [-0.05, 0) is 25.7 Å². The van der Waals surface area contributed by atoms with Crippen LogP contribution >= 0.6 is 0 Å². The van der Waals surface area contributed by atoms with Crippen LogP contribution in [0.4, 0.5) is 0 Å². The van der Waals surface area contributed by atoms with Gasteiger partial charge in [0.2, 0.25) is 0 Å². The van der Waals surface area contributed by atoms with Gasteiger partial charge in [0.1, 0.15) is 0 Å². The molecule has 2 heteroatoms. The van der Waals surface area contributed by atoms with Crippen molar-refractivity contribution in [1.29, 1.82) is 0 Å². The molecule has 2 nitrogen and oxygen atoms in total. The third-order valence-electron chi connectivity index (χ3n) is 4.05. The first-order chi connectivity index (χ1) is 11.3. The molecule has 0 aliphatic carbocycles. The summed E-state index contributed by atoms with van der Waals surface area (Å²) in [6.07, 6.45) is 24.0.